The molecule has 0 atom stereocenters. The molecule has 14 aromatic carbocycles. The van der Waals surface area contributed by atoms with E-state index in [1.807, 2.05) is 0 Å². The lowest BCUT2D eigenvalue weighted by molar-refractivity contribution is 0.665. The number of anilines is 6. The van der Waals surface area contributed by atoms with Gasteiger partial charge in [-0.15, -0.1) is 0 Å². The highest BCUT2D eigenvalue weighted by Gasteiger charge is 2.42. The van der Waals surface area contributed by atoms with Crippen LogP contribution < -0.4 is 9.80 Å². The standard InChI is InChI=1S/C88H68N2/c1-85(2)77-49-61(37-45-69(77)73-41-29-55-17-9-13-21-65(55)81(73)85)89(62-38-46-70-74-42-30-56-18-10-14-22-66(56)82(74)86(3,4)78(70)50-62)59-33-25-53(26-34-59)54-27-35-60(36-28-54)90(63-39-47-71-75-43-31-57-19-11-15-23-67(57)83(75)87(5,6)79(71)51-63)64-40-48-72-76-44-32-58-20-12-16-24-68(58)84(76)88(7,8)80(72)52-64/h9-52H,1-8H3. The van der Waals surface area contributed by atoms with E-state index in [9.17, 15) is 0 Å². The van der Waals surface area contributed by atoms with Crippen LogP contribution in [0.5, 0.6) is 0 Å². The molecule has 0 spiro atoms. The van der Waals surface area contributed by atoms with Crippen molar-refractivity contribution in [2.45, 2.75) is 77.0 Å². The van der Waals surface area contributed by atoms with Crippen molar-refractivity contribution in [3.63, 3.8) is 0 Å². The van der Waals surface area contributed by atoms with Crippen molar-refractivity contribution in [2.24, 2.45) is 0 Å². The van der Waals surface area contributed by atoms with Crippen LogP contribution in [0.25, 0.3) is 98.7 Å². The fourth-order valence-electron chi connectivity index (χ4n) is 17.4. The zero-order chi connectivity index (χ0) is 60.7. The molecule has 0 bridgehead atoms. The van der Waals surface area contributed by atoms with Gasteiger partial charge in [0.25, 0.3) is 0 Å². The van der Waals surface area contributed by atoms with Gasteiger partial charge in [-0.3, -0.25) is 0 Å². The molecule has 0 saturated heterocycles. The number of benzene rings is 14. The first-order chi connectivity index (χ1) is 43.6. The summed E-state index contributed by atoms with van der Waals surface area (Å²) in [5.41, 5.74) is 30.0. The van der Waals surface area contributed by atoms with Gasteiger partial charge in [0.2, 0.25) is 0 Å². The number of nitrogens with zero attached hydrogens (tertiary/aromatic N) is 2. The summed E-state index contributed by atoms with van der Waals surface area (Å²) in [6.07, 6.45) is 0. The average Bonchev–Trinajstić information content (AvgIpc) is 1.61. The number of hydrogen-bond acceptors (Lipinski definition) is 2. The molecule has 0 fully saturated rings. The van der Waals surface area contributed by atoms with Crippen molar-refractivity contribution >= 4 is 77.2 Å². The second-order valence-electron chi connectivity index (χ2n) is 28.0. The van der Waals surface area contributed by atoms with Crippen LogP contribution in [-0.4, -0.2) is 0 Å². The summed E-state index contributed by atoms with van der Waals surface area (Å²) < 4.78 is 0. The lowest BCUT2D eigenvalue weighted by Crippen LogP contribution is -2.18. The van der Waals surface area contributed by atoms with E-state index >= 15 is 0 Å². The third-order valence-electron chi connectivity index (χ3n) is 21.7. The van der Waals surface area contributed by atoms with Crippen LogP contribution in [0.1, 0.15) is 99.9 Å². The molecule has 0 amide bonds. The molecule has 0 radical (unpaired) electrons. The summed E-state index contributed by atoms with van der Waals surface area (Å²) in [6, 6.07) is 102. The molecule has 430 valence electrons. The predicted octanol–water partition coefficient (Wildman–Crippen LogP) is 24.1. The summed E-state index contributed by atoms with van der Waals surface area (Å²) in [7, 11) is 0. The van der Waals surface area contributed by atoms with E-state index in [0.717, 1.165) is 34.1 Å². The number of rotatable bonds is 7. The second-order valence-corrected chi connectivity index (χ2v) is 28.0. The van der Waals surface area contributed by atoms with Crippen molar-refractivity contribution in [1.29, 1.82) is 0 Å². The molecule has 0 N–H and O–H groups in total. The van der Waals surface area contributed by atoms with Crippen molar-refractivity contribution in [3.05, 3.63) is 311 Å². The molecule has 0 aromatic heterocycles. The molecule has 14 aromatic rings. The van der Waals surface area contributed by atoms with Crippen molar-refractivity contribution < 1.29 is 0 Å². The zero-order valence-electron chi connectivity index (χ0n) is 52.3. The van der Waals surface area contributed by atoms with Crippen LogP contribution in [-0.2, 0) is 21.7 Å². The van der Waals surface area contributed by atoms with E-state index in [1.165, 1.54) is 143 Å². The molecule has 0 saturated carbocycles. The number of fused-ring (bicyclic) bond motifs is 20. The Morgan fingerprint density at radius 2 is 0.411 bits per heavy atom. The van der Waals surface area contributed by atoms with E-state index in [1.54, 1.807) is 0 Å². The van der Waals surface area contributed by atoms with E-state index in [0.29, 0.717) is 0 Å². The van der Waals surface area contributed by atoms with Gasteiger partial charge in [-0.1, -0.05) is 250 Å². The third kappa shape index (κ3) is 7.34. The summed E-state index contributed by atoms with van der Waals surface area (Å²) in [5.74, 6) is 0. The van der Waals surface area contributed by atoms with Crippen LogP contribution in [0.2, 0.25) is 0 Å². The maximum Gasteiger partial charge on any atom is 0.0465 e. The van der Waals surface area contributed by atoms with Crippen molar-refractivity contribution in [1.82, 2.24) is 0 Å². The normalized spacial score (nSPS) is 15.2. The Morgan fingerprint density at radius 1 is 0.200 bits per heavy atom. The first-order valence-corrected chi connectivity index (χ1v) is 32.1. The van der Waals surface area contributed by atoms with Crippen LogP contribution in [0, 0.1) is 0 Å². The lowest BCUT2D eigenvalue weighted by Gasteiger charge is -2.30. The molecule has 2 heteroatoms. The van der Waals surface area contributed by atoms with Gasteiger partial charge in [0.15, 0.2) is 0 Å². The molecule has 0 unspecified atom stereocenters. The Kier molecular flexibility index (Phi) is 10.9. The fraction of sp³-hybridized carbons (Fsp3) is 0.136. The number of hydrogen-bond donors (Lipinski definition) is 0. The summed E-state index contributed by atoms with van der Waals surface area (Å²) in [6.45, 7) is 19.3. The van der Waals surface area contributed by atoms with Gasteiger partial charge in [0.1, 0.15) is 0 Å². The van der Waals surface area contributed by atoms with Crippen molar-refractivity contribution in [3.8, 4) is 55.6 Å². The van der Waals surface area contributed by atoms with Crippen LogP contribution >= 0.6 is 0 Å². The molecule has 0 aliphatic heterocycles. The molecule has 0 heterocycles. The third-order valence-corrected chi connectivity index (χ3v) is 21.7. The highest BCUT2D eigenvalue weighted by molar-refractivity contribution is 6.03. The minimum Gasteiger partial charge on any atom is -0.310 e. The van der Waals surface area contributed by atoms with E-state index < -0.39 is 0 Å². The zero-order valence-corrected chi connectivity index (χ0v) is 52.3. The van der Waals surface area contributed by atoms with Gasteiger partial charge in [-0.2, -0.15) is 0 Å². The first-order valence-electron chi connectivity index (χ1n) is 32.1. The van der Waals surface area contributed by atoms with Crippen LogP contribution in [0.15, 0.2) is 267 Å². The van der Waals surface area contributed by atoms with E-state index in [-0.39, 0.29) is 21.7 Å². The van der Waals surface area contributed by atoms with Gasteiger partial charge < -0.3 is 9.80 Å². The molecular weight excluding hydrogens is 1080 g/mol. The predicted molar refractivity (Wildman–Crippen MR) is 382 cm³/mol. The Morgan fingerprint density at radius 3 is 0.656 bits per heavy atom. The largest absolute Gasteiger partial charge is 0.310 e. The Hall–Kier alpha value is -10.3. The molecule has 90 heavy (non-hydrogen) atoms. The topological polar surface area (TPSA) is 6.48 Å². The SMILES string of the molecule is CC1(C)c2cc(N(c3ccc(-c4ccc(N(c5ccc6c(c5)C(C)(C)c5c-6ccc6ccccc56)c5ccc6c(c5)C(C)(C)c5c-6ccc6ccccc56)cc4)cc3)c3ccc4c(c3)C(C)(C)c3c-4ccc4ccccc34)ccc2-c2ccc3ccccc3c21. The molecule has 18 rings (SSSR count). The molecule has 4 aliphatic rings. The summed E-state index contributed by atoms with van der Waals surface area (Å²) >= 11 is 0. The lowest BCUT2D eigenvalue weighted by atomic mass is 9.80. The highest BCUT2D eigenvalue weighted by Crippen LogP contribution is 2.58. The molecular formula is C88H68N2. The monoisotopic (exact) mass is 1150 g/mol. The van der Waals surface area contributed by atoms with Crippen LogP contribution in [0.3, 0.4) is 0 Å². The summed E-state index contributed by atoms with van der Waals surface area (Å²) in [4.78, 5) is 4.99. The highest BCUT2D eigenvalue weighted by atomic mass is 15.1. The van der Waals surface area contributed by atoms with E-state index in [4.69, 9.17) is 0 Å². The average molecular weight is 1150 g/mol. The Bertz CT molecular complexity index is 4790. The van der Waals surface area contributed by atoms with Crippen LogP contribution in [0.4, 0.5) is 34.1 Å². The van der Waals surface area contributed by atoms with Gasteiger partial charge in [0, 0.05) is 55.8 Å². The maximum atomic E-state index is 2.50. The quantitative estimate of drug-likeness (QED) is 0.157. The molecule has 4 aliphatic carbocycles. The minimum absolute atomic E-state index is 0.210. The smallest absolute Gasteiger partial charge is 0.0465 e. The van der Waals surface area contributed by atoms with E-state index in [2.05, 4.69) is 332 Å². The summed E-state index contributed by atoms with van der Waals surface area (Å²) in [5, 5.41) is 10.5. The maximum absolute atomic E-state index is 2.50. The first kappa shape index (κ1) is 52.8. The Labute approximate surface area is 528 Å². The van der Waals surface area contributed by atoms with Gasteiger partial charge >= 0.3 is 0 Å². The van der Waals surface area contributed by atoms with Crippen molar-refractivity contribution in [2.75, 3.05) is 9.80 Å². The second kappa shape index (κ2) is 18.6. The molecule has 2 nitrogen and oxygen atoms in total. The Balaban J connectivity index is 0.743. The fourth-order valence-corrected chi connectivity index (χ4v) is 17.4. The van der Waals surface area contributed by atoms with Gasteiger partial charge in [-0.05, 0) is 216 Å². The minimum atomic E-state index is -0.210. The van der Waals surface area contributed by atoms with Gasteiger partial charge in [0.05, 0.1) is 0 Å². The van der Waals surface area contributed by atoms with Gasteiger partial charge in [-0.25, -0.2) is 0 Å².